The van der Waals surface area contributed by atoms with Crippen molar-refractivity contribution in [3.63, 3.8) is 0 Å². The predicted molar refractivity (Wildman–Crippen MR) is 91.9 cm³/mol. The number of piperidine rings is 1. The first-order valence-corrected chi connectivity index (χ1v) is 8.41. The van der Waals surface area contributed by atoms with Crippen LogP contribution in [0.1, 0.15) is 24.8 Å². The summed E-state index contributed by atoms with van der Waals surface area (Å²) in [5.74, 6) is -0.322. The zero-order valence-corrected chi connectivity index (χ0v) is 13.7. The van der Waals surface area contributed by atoms with Crippen LogP contribution in [0.2, 0.25) is 5.02 Å². The van der Waals surface area contributed by atoms with Crippen LogP contribution in [0, 0.1) is 5.82 Å². The van der Waals surface area contributed by atoms with Crippen molar-refractivity contribution in [2.45, 2.75) is 32.2 Å². The van der Waals surface area contributed by atoms with Crippen LogP contribution in [-0.4, -0.2) is 17.7 Å². The van der Waals surface area contributed by atoms with E-state index in [0.29, 0.717) is 23.6 Å². The van der Waals surface area contributed by atoms with Crippen molar-refractivity contribution in [3.8, 4) is 0 Å². The van der Waals surface area contributed by atoms with E-state index in [1.54, 1.807) is 22.9 Å². The number of nitrogens with zero attached hydrogens (tertiary/aromatic N) is 2. The van der Waals surface area contributed by atoms with E-state index >= 15 is 0 Å². The first kappa shape index (κ1) is 16.1. The van der Waals surface area contributed by atoms with Gasteiger partial charge < -0.3 is 9.47 Å². The lowest BCUT2D eigenvalue weighted by molar-refractivity contribution is 0.567. The van der Waals surface area contributed by atoms with Crippen LogP contribution in [0.5, 0.6) is 0 Å². The SMILES string of the molecule is O=c1c(N2CCCCC2)cccn1CCc1ccc(Cl)cc1F. The normalized spacial score (nSPS) is 15.0. The summed E-state index contributed by atoms with van der Waals surface area (Å²) in [5, 5.41) is 0.385. The first-order chi connectivity index (χ1) is 11.1. The molecule has 1 aliphatic rings. The molecule has 2 aromatic rings. The van der Waals surface area contributed by atoms with Crippen molar-refractivity contribution in [3.05, 3.63) is 63.3 Å². The quantitative estimate of drug-likeness (QED) is 0.848. The van der Waals surface area contributed by atoms with Crippen molar-refractivity contribution in [2.24, 2.45) is 0 Å². The van der Waals surface area contributed by atoms with E-state index in [1.807, 2.05) is 12.1 Å². The van der Waals surface area contributed by atoms with E-state index < -0.39 is 0 Å². The van der Waals surface area contributed by atoms with Crippen molar-refractivity contribution in [1.82, 2.24) is 4.57 Å². The van der Waals surface area contributed by atoms with Gasteiger partial charge in [-0.05, 0) is 55.5 Å². The first-order valence-electron chi connectivity index (χ1n) is 8.03. The topological polar surface area (TPSA) is 25.2 Å². The van der Waals surface area contributed by atoms with Gasteiger partial charge in [-0.25, -0.2) is 4.39 Å². The molecule has 2 heterocycles. The van der Waals surface area contributed by atoms with Gasteiger partial charge in [-0.1, -0.05) is 17.7 Å². The average molecular weight is 335 g/mol. The summed E-state index contributed by atoms with van der Waals surface area (Å²) in [4.78, 5) is 14.8. The fourth-order valence-corrected chi connectivity index (χ4v) is 3.20. The minimum atomic E-state index is -0.322. The summed E-state index contributed by atoms with van der Waals surface area (Å²) in [5.41, 5.74) is 1.33. The molecule has 23 heavy (non-hydrogen) atoms. The standard InChI is InChI=1S/C18H20ClFN2O/c19-15-7-6-14(16(20)13-15)8-12-22-11-4-5-17(18(22)23)21-9-2-1-3-10-21/h4-7,11,13H,1-3,8-10,12H2. The molecule has 1 aromatic heterocycles. The molecule has 122 valence electrons. The Labute approximate surface area is 140 Å². The number of halogens is 2. The maximum atomic E-state index is 13.8. The van der Waals surface area contributed by atoms with Crippen LogP contribution >= 0.6 is 11.6 Å². The molecule has 0 aliphatic carbocycles. The maximum absolute atomic E-state index is 13.8. The van der Waals surface area contributed by atoms with Crippen molar-refractivity contribution in [1.29, 1.82) is 0 Å². The molecule has 0 bridgehead atoms. The predicted octanol–water partition coefficient (Wildman–Crippen LogP) is 3.87. The Morgan fingerprint density at radius 2 is 1.91 bits per heavy atom. The second kappa shape index (κ2) is 7.18. The Hall–Kier alpha value is -1.81. The Morgan fingerprint density at radius 3 is 2.65 bits per heavy atom. The van der Waals surface area contributed by atoms with Gasteiger partial charge in [-0.2, -0.15) is 0 Å². The number of aromatic nitrogens is 1. The number of hydrogen-bond acceptors (Lipinski definition) is 2. The second-order valence-corrected chi connectivity index (χ2v) is 6.36. The summed E-state index contributed by atoms with van der Waals surface area (Å²) in [6.07, 6.45) is 5.72. The van der Waals surface area contributed by atoms with E-state index in [-0.39, 0.29) is 11.4 Å². The minimum absolute atomic E-state index is 0.00349. The highest BCUT2D eigenvalue weighted by Crippen LogP contribution is 2.17. The van der Waals surface area contributed by atoms with Crippen LogP contribution in [0.3, 0.4) is 0 Å². The largest absolute Gasteiger partial charge is 0.367 e. The highest BCUT2D eigenvalue weighted by atomic mass is 35.5. The lowest BCUT2D eigenvalue weighted by Crippen LogP contribution is -2.35. The fourth-order valence-electron chi connectivity index (χ4n) is 3.04. The summed E-state index contributed by atoms with van der Waals surface area (Å²) in [6.45, 7) is 2.33. The number of aryl methyl sites for hydroxylation is 2. The Kier molecular flexibility index (Phi) is 5.01. The molecule has 1 saturated heterocycles. The molecule has 5 heteroatoms. The summed E-state index contributed by atoms with van der Waals surface area (Å²) < 4.78 is 15.5. The summed E-state index contributed by atoms with van der Waals surface area (Å²) in [6, 6.07) is 8.44. The van der Waals surface area contributed by atoms with Gasteiger partial charge in [0.15, 0.2) is 0 Å². The number of pyridine rings is 1. The Balaban J connectivity index is 1.76. The van der Waals surface area contributed by atoms with Gasteiger partial charge in [-0.15, -0.1) is 0 Å². The molecule has 1 fully saturated rings. The molecule has 0 N–H and O–H groups in total. The highest BCUT2D eigenvalue weighted by molar-refractivity contribution is 6.30. The van der Waals surface area contributed by atoms with Gasteiger partial charge >= 0.3 is 0 Å². The van der Waals surface area contributed by atoms with Crippen LogP contribution < -0.4 is 10.5 Å². The van der Waals surface area contributed by atoms with Crippen LogP contribution in [0.4, 0.5) is 10.1 Å². The fraction of sp³-hybridized carbons (Fsp3) is 0.389. The van der Waals surface area contributed by atoms with E-state index in [2.05, 4.69) is 4.90 Å². The summed E-state index contributed by atoms with van der Waals surface area (Å²) in [7, 11) is 0. The van der Waals surface area contributed by atoms with Gasteiger partial charge in [0, 0.05) is 30.9 Å². The molecule has 0 radical (unpaired) electrons. The van der Waals surface area contributed by atoms with Gasteiger partial charge in [-0.3, -0.25) is 4.79 Å². The summed E-state index contributed by atoms with van der Waals surface area (Å²) >= 11 is 5.77. The number of rotatable bonds is 4. The lowest BCUT2D eigenvalue weighted by atomic mass is 10.1. The van der Waals surface area contributed by atoms with Crippen molar-refractivity contribution < 1.29 is 4.39 Å². The van der Waals surface area contributed by atoms with Gasteiger partial charge in [0.05, 0.1) is 0 Å². The zero-order valence-electron chi connectivity index (χ0n) is 13.0. The molecular formula is C18H20ClFN2O. The Morgan fingerprint density at radius 1 is 1.13 bits per heavy atom. The van der Waals surface area contributed by atoms with E-state index in [4.69, 9.17) is 11.6 Å². The smallest absolute Gasteiger partial charge is 0.274 e. The molecule has 0 saturated carbocycles. The average Bonchev–Trinajstić information content (AvgIpc) is 2.56. The van der Waals surface area contributed by atoms with Crippen molar-refractivity contribution in [2.75, 3.05) is 18.0 Å². The molecule has 3 rings (SSSR count). The minimum Gasteiger partial charge on any atom is -0.367 e. The molecule has 0 unspecified atom stereocenters. The van der Waals surface area contributed by atoms with Crippen molar-refractivity contribution >= 4 is 17.3 Å². The van der Waals surface area contributed by atoms with E-state index in [1.165, 1.54) is 12.5 Å². The van der Waals surface area contributed by atoms with Crippen LogP contribution in [0.25, 0.3) is 0 Å². The third kappa shape index (κ3) is 3.75. The Bertz CT molecular complexity index is 738. The second-order valence-electron chi connectivity index (χ2n) is 5.93. The van der Waals surface area contributed by atoms with E-state index in [0.717, 1.165) is 31.6 Å². The third-order valence-electron chi connectivity index (χ3n) is 4.33. The van der Waals surface area contributed by atoms with Gasteiger partial charge in [0.25, 0.3) is 5.56 Å². The molecule has 0 spiro atoms. The van der Waals surface area contributed by atoms with Gasteiger partial charge in [0.2, 0.25) is 0 Å². The highest BCUT2D eigenvalue weighted by Gasteiger charge is 2.15. The molecule has 3 nitrogen and oxygen atoms in total. The molecular weight excluding hydrogens is 315 g/mol. The van der Waals surface area contributed by atoms with Gasteiger partial charge in [0.1, 0.15) is 11.5 Å². The van der Waals surface area contributed by atoms with E-state index in [9.17, 15) is 9.18 Å². The molecule has 0 amide bonds. The number of hydrogen-bond donors (Lipinski definition) is 0. The molecule has 1 aliphatic heterocycles. The monoisotopic (exact) mass is 334 g/mol. The number of anilines is 1. The number of benzene rings is 1. The lowest BCUT2D eigenvalue weighted by Gasteiger charge is -2.28. The molecule has 0 atom stereocenters. The van der Waals surface area contributed by atoms with Crippen LogP contribution in [-0.2, 0) is 13.0 Å². The van der Waals surface area contributed by atoms with Crippen LogP contribution in [0.15, 0.2) is 41.3 Å². The maximum Gasteiger partial charge on any atom is 0.274 e. The molecule has 1 aromatic carbocycles. The third-order valence-corrected chi connectivity index (χ3v) is 4.57. The zero-order chi connectivity index (χ0) is 16.2.